The summed E-state index contributed by atoms with van der Waals surface area (Å²) in [5, 5.41) is 0. The number of methoxy groups -OCH3 is 1. The summed E-state index contributed by atoms with van der Waals surface area (Å²) >= 11 is 0. The monoisotopic (exact) mass is 553 g/mol. The van der Waals surface area contributed by atoms with Gasteiger partial charge in [0.05, 0.1) is 17.5 Å². The number of aryl methyl sites for hydroxylation is 1. The predicted octanol–water partition coefficient (Wildman–Crippen LogP) is 1.35. The molecule has 2 rings (SSSR count). The largest absolute Gasteiger partial charge is 0.561 e. The Balaban J connectivity index is 3.04. The van der Waals surface area contributed by atoms with Gasteiger partial charge in [0.1, 0.15) is 19.0 Å². The van der Waals surface area contributed by atoms with Gasteiger partial charge in [0.25, 0.3) is 0 Å². The van der Waals surface area contributed by atoms with Crippen LogP contribution in [0.4, 0.5) is 26.3 Å². The van der Waals surface area contributed by atoms with E-state index in [0.717, 1.165) is 12.5 Å². The van der Waals surface area contributed by atoms with Crippen LogP contribution in [0, 0.1) is 0 Å². The van der Waals surface area contributed by atoms with Crippen LogP contribution in [0.1, 0.15) is 11.6 Å². The standard InChI is InChI=1S/C17H17F6N3O7S2/c1-24-8-9-25(11-24)13(15(27)32-2)14(33-10-12-6-4-3-5-7-12)26(34(28,29)16(18,19)20)35(30,31)17(21,22)23/h3-9,11,13H,10H2,1-2H3/q+2/t13-/m0/s1. The third-order valence-electron chi connectivity index (χ3n) is 4.18. The van der Waals surface area contributed by atoms with Crippen LogP contribution >= 0.6 is 0 Å². The molecular weight excluding hydrogens is 536 g/mol. The molecule has 0 N–H and O–H groups in total. The highest BCUT2D eigenvalue weighted by Crippen LogP contribution is 2.34. The molecule has 0 aliphatic rings. The predicted molar refractivity (Wildman–Crippen MR) is 103 cm³/mol. The van der Waals surface area contributed by atoms with Gasteiger partial charge in [-0.3, -0.25) is 0 Å². The maximum Gasteiger partial charge on any atom is 0.561 e. The molecule has 35 heavy (non-hydrogen) atoms. The van der Waals surface area contributed by atoms with Crippen LogP contribution < -0.4 is 4.57 Å². The van der Waals surface area contributed by atoms with E-state index < -0.39 is 59.0 Å². The van der Waals surface area contributed by atoms with Gasteiger partial charge >= 0.3 is 49.0 Å². The third kappa shape index (κ3) is 5.75. The summed E-state index contributed by atoms with van der Waals surface area (Å²) in [6.07, 6.45) is 3.05. The average Bonchev–Trinajstić information content (AvgIpc) is 3.16. The van der Waals surface area contributed by atoms with Crippen LogP contribution in [-0.2, 0) is 48.0 Å². The summed E-state index contributed by atoms with van der Waals surface area (Å²) in [7, 11) is -12.6. The quantitative estimate of drug-likeness (QED) is 0.167. The SMILES string of the molecule is COC(=O)[C@H](C(OCc1ccccc1)=[N+](S(=O)(=O)C(F)(F)F)S(=O)(=O)C(F)(F)F)n1cc[n+](C)c1. The first-order valence-electron chi connectivity index (χ1n) is 9.02. The van der Waals surface area contributed by atoms with Crippen molar-refractivity contribution in [3.63, 3.8) is 0 Å². The number of imidazole rings is 1. The third-order valence-corrected chi connectivity index (χ3v) is 7.76. The number of sulfonamides is 2. The van der Waals surface area contributed by atoms with E-state index in [1.165, 1.54) is 48.1 Å². The lowest BCUT2D eigenvalue weighted by atomic mass is 10.2. The number of esters is 1. The van der Waals surface area contributed by atoms with Crippen molar-refractivity contribution < 1.29 is 65.4 Å². The molecule has 1 heterocycles. The van der Waals surface area contributed by atoms with Gasteiger partial charge in [-0.1, -0.05) is 30.3 Å². The summed E-state index contributed by atoms with van der Waals surface area (Å²) in [5.74, 6) is -3.67. The molecule has 10 nitrogen and oxygen atoms in total. The van der Waals surface area contributed by atoms with Crippen LogP contribution in [0.25, 0.3) is 0 Å². The number of carbonyl (C=O) groups excluding carboxylic acids is 1. The summed E-state index contributed by atoms with van der Waals surface area (Å²) in [5.41, 5.74) is -13.0. The summed E-state index contributed by atoms with van der Waals surface area (Å²) in [6, 6.07) is 4.35. The highest BCUT2D eigenvalue weighted by Gasteiger charge is 2.70. The Hall–Kier alpha value is -3.15. The maximum absolute atomic E-state index is 13.4. The molecule has 0 radical (unpaired) electrons. The first-order valence-corrected chi connectivity index (χ1v) is 11.9. The van der Waals surface area contributed by atoms with E-state index in [-0.39, 0.29) is 5.56 Å². The Morgan fingerprint density at radius 2 is 1.54 bits per heavy atom. The van der Waals surface area contributed by atoms with Gasteiger partial charge in [0.2, 0.25) is 6.33 Å². The lowest BCUT2D eigenvalue weighted by Gasteiger charge is -2.16. The van der Waals surface area contributed by atoms with Crippen molar-refractivity contribution in [3.05, 3.63) is 54.6 Å². The Labute approximate surface area is 194 Å². The van der Waals surface area contributed by atoms with E-state index in [4.69, 9.17) is 4.74 Å². The fourth-order valence-electron chi connectivity index (χ4n) is 2.60. The van der Waals surface area contributed by atoms with E-state index in [1.807, 2.05) is 0 Å². The molecule has 0 amide bonds. The number of hydrogen-bond donors (Lipinski definition) is 0. The highest BCUT2D eigenvalue weighted by molar-refractivity contribution is 7.98. The Morgan fingerprint density at radius 3 is 1.94 bits per heavy atom. The topological polar surface area (TPSA) is 116 Å². The van der Waals surface area contributed by atoms with Crippen LogP contribution in [0.5, 0.6) is 0 Å². The highest BCUT2D eigenvalue weighted by atomic mass is 32.3. The van der Waals surface area contributed by atoms with E-state index in [2.05, 4.69) is 4.74 Å². The Morgan fingerprint density at radius 1 is 1.03 bits per heavy atom. The molecule has 0 aliphatic heterocycles. The molecule has 0 bridgehead atoms. The van der Waals surface area contributed by atoms with Crippen molar-refractivity contribution in [2.45, 2.75) is 23.7 Å². The lowest BCUT2D eigenvalue weighted by molar-refractivity contribution is -0.671. The van der Waals surface area contributed by atoms with Gasteiger partial charge in [-0.15, -0.1) is 0 Å². The zero-order chi connectivity index (χ0) is 26.8. The zero-order valence-electron chi connectivity index (χ0n) is 17.7. The van der Waals surface area contributed by atoms with Crippen molar-refractivity contribution >= 4 is 31.9 Å². The van der Waals surface area contributed by atoms with Gasteiger partial charge in [0, 0.05) is 0 Å². The fourth-order valence-corrected chi connectivity index (χ4v) is 5.30. The molecule has 0 fully saturated rings. The Kier molecular flexibility index (Phi) is 7.90. The molecule has 1 aromatic heterocycles. The molecule has 0 saturated carbocycles. The number of halogens is 6. The number of benzene rings is 1. The second-order valence-electron chi connectivity index (χ2n) is 6.66. The van der Waals surface area contributed by atoms with Crippen LogP contribution in [0.15, 0.2) is 49.1 Å². The van der Waals surface area contributed by atoms with E-state index in [0.29, 0.717) is 11.7 Å². The van der Waals surface area contributed by atoms with Gasteiger partial charge < -0.3 is 9.47 Å². The molecule has 194 valence electrons. The lowest BCUT2D eigenvalue weighted by Crippen LogP contribution is -2.49. The second kappa shape index (κ2) is 9.84. The van der Waals surface area contributed by atoms with Gasteiger partial charge in [0.15, 0.2) is 0 Å². The van der Waals surface area contributed by atoms with Gasteiger partial charge in [-0.25, -0.2) is 13.9 Å². The molecule has 1 atom stereocenters. The van der Waals surface area contributed by atoms with Crippen LogP contribution in [-0.4, -0.2) is 54.8 Å². The van der Waals surface area contributed by atoms with E-state index >= 15 is 0 Å². The number of rotatable bonds is 7. The smallest absolute Gasteiger partial charge is 0.465 e. The van der Waals surface area contributed by atoms with Gasteiger partial charge in [-0.05, 0) is 5.56 Å². The molecule has 0 saturated heterocycles. The van der Waals surface area contributed by atoms with Gasteiger partial charge in [-0.2, -0.15) is 43.2 Å². The minimum Gasteiger partial charge on any atom is -0.465 e. The van der Waals surface area contributed by atoms with E-state index in [9.17, 15) is 48.0 Å². The first kappa shape index (κ1) is 28.1. The average molecular weight is 553 g/mol. The molecule has 0 spiro atoms. The number of ether oxygens (including phenoxy) is 2. The number of nitrogens with zero attached hydrogens (tertiary/aromatic N) is 3. The number of carbonyl (C=O) groups is 1. The molecule has 2 aromatic rings. The minimum atomic E-state index is -7.34. The number of hydrogen-bond acceptors (Lipinski definition) is 7. The number of aromatic nitrogens is 2. The van der Waals surface area contributed by atoms with Crippen LogP contribution in [0.2, 0.25) is 0 Å². The fraction of sp³-hybridized carbons (Fsp3) is 0.353. The minimum absolute atomic E-state index is 0.0837. The van der Waals surface area contributed by atoms with Crippen molar-refractivity contribution in [2.75, 3.05) is 7.11 Å². The maximum atomic E-state index is 13.4. The van der Waals surface area contributed by atoms with Crippen LogP contribution in [0.3, 0.4) is 0 Å². The van der Waals surface area contributed by atoms with Crippen molar-refractivity contribution in [1.29, 1.82) is 0 Å². The summed E-state index contributed by atoms with van der Waals surface area (Å²) in [4.78, 5) is 12.5. The Bertz CT molecular complexity index is 1270. The van der Waals surface area contributed by atoms with Crippen molar-refractivity contribution in [3.8, 4) is 0 Å². The molecule has 0 unspecified atom stereocenters. The molecule has 18 heteroatoms. The van der Waals surface area contributed by atoms with E-state index in [1.54, 1.807) is 0 Å². The second-order valence-corrected chi connectivity index (χ2v) is 10.5. The summed E-state index contributed by atoms with van der Waals surface area (Å²) in [6.45, 7) is -0.922. The normalized spacial score (nSPS) is 13.7. The number of alkyl halides is 6. The van der Waals surface area contributed by atoms with Crippen molar-refractivity contribution in [2.24, 2.45) is 7.05 Å². The summed E-state index contributed by atoms with van der Waals surface area (Å²) < 4.78 is 139. The first-order chi connectivity index (χ1) is 15.9. The molecule has 0 aliphatic carbocycles. The van der Waals surface area contributed by atoms with Crippen molar-refractivity contribution in [1.82, 2.24) is 4.57 Å². The molecular formula is C17H17F6N3O7S2+2. The zero-order valence-corrected chi connectivity index (χ0v) is 19.3. The molecule has 1 aromatic carbocycles.